The highest BCUT2D eigenvalue weighted by Gasteiger charge is 2.21. The molecule has 0 saturated heterocycles. The zero-order valence-corrected chi connectivity index (χ0v) is 11.2. The summed E-state index contributed by atoms with van der Waals surface area (Å²) in [6, 6.07) is 0. The van der Waals surface area contributed by atoms with E-state index in [-0.39, 0.29) is 30.4 Å². The lowest BCUT2D eigenvalue weighted by Crippen LogP contribution is -2.28. The molecule has 0 spiro atoms. The zero-order chi connectivity index (χ0) is 14.5. The predicted molar refractivity (Wildman–Crippen MR) is 69.6 cm³/mol. The van der Waals surface area contributed by atoms with Crippen LogP contribution in [0.1, 0.15) is 0 Å². The third kappa shape index (κ3) is 4.63. The van der Waals surface area contributed by atoms with Gasteiger partial charge in [0.25, 0.3) is 0 Å². The van der Waals surface area contributed by atoms with Crippen molar-refractivity contribution in [2.45, 2.75) is 0 Å². The highest BCUT2D eigenvalue weighted by Crippen LogP contribution is 2.27. The van der Waals surface area contributed by atoms with Gasteiger partial charge in [0.1, 0.15) is 6.33 Å². The Kier molecular flexibility index (Phi) is 4.94. The van der Waals surface area contributed by atoms with Gasteiger partial charge >= 0.3 is 5.69 Å². The molecule has 0 radical (unpaired) electrons. The van der Waals surface area contributed by atoms with Gasteiger partial charge in [-0.05, 0) is 0 Å². The molecule has 106 valence electrons. The van der Waals surface area contributed by atoms with Crippen molar-refractivity contribution in [3.8, 4) is 0 Å². The van der Waals surface area contributed by atoms with Gasteiger partial charge in [0, 0.05) is 20.1 Å². The summed E-state index contributed by atoms with van der Waals surface area (Å²) in [6.45, 7) is 0.253. The molecule has 1 rings (SSSR count). The number of anilines is 2. The van der Waals surface area contributed by atoms with Gasteiger partial charge < -0.3 is 10.6 Å². The van der Waals surface area contributed by atoms with Crippen LogP contribution >= 0.6 is 0 Å². The number of sulfonamides is 1. The van der Waals surface area contributed by atoms with Crippen LogP contribution in [0.25, 0.3) is 0 Å². The van der Waals surface area contributed by atoms with Gasteiger partial charge in [-0.2, -0.15) is 0 Å². The minimum Gasteiger partial charge on any atom is -0.367 e. The van der Waals surface area contributed by atoms with Gasteiger partial charge in [-0.1, -0.05) is 0 Å². The Morgan fingerprint density at radius 1 is 1.32 bits per heavy atom. The largest absolute Gasteiger partial charge is 0.367 e. The van der Waals surface area contributed by atoms with Crippen molar-refractivity contribution in [1.29, 1.82) is 0 Å². The van der Waals surface area contributed by atoms with Gasteiger partial charge in [0.2, 0.25) is 21.7 Å². The minimum atomic E-state index is -3.29. The van der Waals surface area contributed by atoms with Crippen LogP contribution in [0.15, 0.2) is 6.33 Å². The lowest BCUT2D eigenvalue weighted by Gasteiger charge is -2.08. The fraction of sp³-hybridized carbons (Fsp3) is 0.500. The lowest BCUT2D eigenvalue weighted by atomic mass is 10.4. The van der Waals surface area contributed by atoms with E-state index in [0.717, 1.165) is 6.26 Å². The third-order valence-electron chi connectivity index (χ3n) is 2.02. The summed E-state index contributed by atoms with van der Waals surface area (Å²) in [7, 11) is -1.78. The molecule has 0 aromatic carbocycles. The summed E-state index contributed by atoms with van der Waals surface area (Å²) in [5.74, 6) is 0.109. The second kappa shape index (κ2) is 6.24. The molecule has 0 amide bonds. The highest BCUT2D eigenvalue weighted by atomic mass is 32.2. The Balaban J connectivity index is 2.76. The third-order valence-corrected chi connectivity index (χ3v) is 2.75. The average Bonchev–Trinajstić information content (AvgIpc) is 2.32. The molecule has 0 fully saturated rings. The van der Waals surface area contributed by atoms with Crippen LogP contribution in [0.4, 0.5) is 17.3 Å². The van der Waals surface area contributed by atoms with Gasteiger partial charge in [0.05, 0.1) is 11.2 Å². The number of hydrogen-bond acceptors (Lipinski definition) is 8. The van der Waals surface area contributed by atoms with E-state index in [1.807, 2.05) is 0 Å². The van der Waals surface area contributed by atoms with E-state index in [2.05, 4.69) is 25.3 Å². The number of nitro groups is 1. The molecule has 0 saturated carbocycles. The number of nitrogens with one attached hydrogen (secondary N) is 3. The summed E-state index contributed by atoms with van der Waals surface area (Å²) in [6.07, 6.45) is 2.20. The highest BCUT2D eigenvalue weighted by molar-refractivity contribution is 7.88. The first-order valence-electron chi connectivity index (χ1n) is 5.21. The normalized spacial score (nSPS) is 11.1. The van der Waals surface area contributed by atoms with E-state index >= 15 is 0 Å². The SMILES string of the molecule is CNc1ncnc(NCCNS(C)(=O)=O)c1[N+](=O)[O-]. The Hall–Kier alpha value is -2.01. The molecule has 1 aromatic rings. The van der Waals surface area contributed by atoms with Gasteiger partial charge in [-0.25, -0.2) is 23.1 Å². The molecule has 0 aliphatic rings. The van der Waals surface area contributed by atoms with Crippen molar-refractivity contribution < 1.29 is 13.3 Å². The number of aromatic nitrogens is 2. The molecule has 10 nitrogen and oxygen atoms in total. The Labute approximate surface area is 109 Å². The van der Waals surface area contributed by atoms with Crippen LogP contribution in [0.3, 0.4) is 0 Å². The maximum Gasteiger partial charge on any atom is 0.353 e. The fourth-order valence-corrected chi connectivity index (χ4v) is 1.75. The second-order valence-corrected chi connectivity index (χ2v) is 5.35. The molecule has 0 aliphatic heterocycles. The quantitative estimate of drug-likeness (QED) is 0.343. The summed E-state index contributed by atoms with van der Waals surface area (Å²) < 4.78 is 23.9. The molecule has 1 heterocycles. The average molecular weight is 290 g/mol. The lowest BCUT2D eigenvalue weighted by molar-refractivity contribution is -0.383. The minimum absolute atomic E-state index is 0.0275. The molecule has 1 aromatic heterocycles. The summed E-state index contributed by atoms with van der Waals surface area (Å²) in [4.78, 5) is 17.8. The predicted octanol–water partition coefficient (Wildman–Crippen LogP) is -0.612. The topological polar surface area (TPSA) is 139 Å². The van der Waals surface area contributed by atoms with Crippen LogP contribution in [0.5, 0.6) is 0 Å². The van der Waals surface area contributed by atoms with Crippen molar-refractivity contribution in [2.75, 3.05) is 37.0 Å². The first kappa shape index (κ1) is 15.0. The number of nitrogens with zero attached hydrogens (tertiary/aromatic N) is 3. The van der Waals surface area contributed by atoms with Crippen molar-refractivity contribution >= 4 is 27.3 Å². The van der Waals surface area contributed by atoms with Gasteiger partial charge in [-0.3, -0.25) is 10.1 Å². The molecule has 0 bridgehead atoms. The van der Waals surface area contributed by atoms with E-state index in [4.69, 9.17) is 0 Å². The molecular weight excluding hydrogens is 276 g/mol. The molecular formula is C8H14N6O4S. The van der Waals surface area contributed by atoms with E-state index in [9.17, 15) is 18.5 Å². The van der Waals surface area contributed by atoms with E-state index in [1.165, 1.54) is 13.4 Å². The van der Waals surface area contributed by atoms with Gasteiger partial charge in [-0.15, -0.1) is 0 Å². The smallest absolute Gasteiger partial charge is 0.353 e. The monoisotopic (exact) mass is 290 g/mol. The van der Waals surface area contributed by atoms with Crippen LogP contribution in [0.2, 0.25) is 0 Å². The van der Waals surface area contributed by atoms with Crippen LogP contribution in [0, 0.1) is 10.1 Å². The summed E-state index contributed by atoms with van der Waals surface area (Å²) >= 11 is 0. The van der Waals surface area contributed by atoms with Gasteiger partial charge in [0.15, 0.2) is 0 Å². The first-order valence-corrected chi connectivity index (χ1v) is 7.10. The van der Waals surface area contributed by atoms with Crippen LogP contribution in [-0.4, -0.2) is 49.7 Å². The Morgan fingerprint density at radius 3 is 2.47 bits per heavy atom. The van der Waals surface area contributed by atoms with Crippen molar-refractivity contribution in [1.82, 2.24) is 14.7 Å². The van der Waals surface area contributed by atoms with Crippen LogP contribution < -0.4 is 15.4 Å². The maximum absolute atomic E-state index is 10.9. The molecule has 0 aliphatic carbocycles. The van der Waals surface area contributed by atoms with E-state index < -0.39 is 14.9 Å². The number of rotatable bonds is 7. The van der Waals surface area contributed by atoms with E-state index in [0.29, 0.717) is 0 Å². The summed E-state index contributed by atoms with van der Waals surface area (Å²) in [5, 5.41) is 16.2. The molecule has 19 heavy (non-hydrogen) atoms. The second-order valence-electron chi connectivity index (χ2n) is 3.52. The Bertz CT molecular complexity index is 560. The zero-order valence-electron chi connectivity index (χ0n) is 10.4. The van der Waals surface area contributed by atoms with E-state index in [1.54, 1.807) is 0 Å². The standard InChI is InChI=1S/C8H14N6O4S/c1-9-7-6(14(15)16)8(12-5-11-7)10-3-4-13-19(2,17)18/h5,13H,3-4H2,1-2H3,(H2,9,10,11,12). The number of hydrogen-bond donors (Lipinski definition) is 3. The van der Waals surface area contributed by atoms with Crippen molar-refractivity contribution in [3.63, 3.8) is 0 Å². The fourth-order valence-electron chi connectivity index (χ4n) is 1.28. The molecule has 0 atom stereocenters. The van der Waals surface area contributed by atoms with Crippen molar-refractivity contribution in [2.24, 2.45) is 0 Å². The van der Waals surface area contributed by atoms with Crippen LogP contribution in [-0.2, 0) is 10.0 Å². The molecule has 3 N–H and O–H groups in total. The van der Waals surface area contributed by atoms with Crippen molar-refractivity contribution in [3.05, 3.63) is 16.4 Å². The maximum atomic E-state index is 10.9. The first-order chi connectivity index (χ1) is 8.85. The molecule has 11 heteroatoms. The molecule has 0 unspecified atom stereocenters. The summed E-state index contributed by atoms with van der Waals surface area (Å²) in [5.41, 5.74) is -0.288. The Morgan fingerprint density at radius 2 is 1.95 bits per heavy atom.